The van der Waals surface area contributed by atoms with Crippen LogP contribution in [0.5, 0.6) is 0 Å². The van der Waals surface area contributed by atoms with Gasteiger partial charge in [-0.05, 0) is 0 Å². The summed E-state index contributed by atoms with van der Waals surface area (Å²) >= 11 is 0. The van der Waals surface area contributed by atoms with Crippen LogP contribution in [0, 0.1) is 0 Å². The van der Waals surface area contributed by atoms with Gasteiger partial charge in [0.1, 0.15) is 12.6 Å². The Morgan fingerprint density at radius 1 is 1.44 bits per heavy atom. The van der Waals surface area contributed by atoms with Gasteiger partial charge in [-0.25, -0.2) is 0 Å². The molecular weight excluding hydrogens is 237 g/mol. The van der Waals surface area contributed by atoms with E-state index in [0.717, 1.165) is 0 Å². The first kappa shape index (κ1) is 16.0. The van der Waals surface area contributed by atoms with E-state index in [4.69, 9.17) is 10.00 Å². The molecule has 16 heavy (non-hydrogen) atoms. The number of quaternary nitrogens is 1. The minimum atomic E-state index is -4.83. The highest BCUT2D eigenvalue weighted by Gasteiger charge is 2.24. The zero-order chi connectivity index (χ0) is 13.0. The van der Waals surface area contributed by atoms with Crippen LogP contribution in [0.2, 0.25) is 0 Å². The number of hydrogen-bond acceptors (Lipinski definition) is 5. The predicted molar refractivity (Wildman–Crippen MR) is 55.3 cm³/mol. The maximum absolute atomic E-state index is 10.6. The smallest absolute Gasteiger partial charge is 0.265 e. The van der Waals surface area contributed by atoms with Crippen molar-refractivity contribution in [1.82, 2.24) is 0 Å². The first-order valence-electron chi connectivity index (χ1n) is 4.85. The molecule has 3 N–H and O–H groups in total. The molecule has 0 bridgehead atoms. The highest BCUT2D eigenvalue weighted by Crippen LogP contribution is 2.34. The van der Waals surface area contributed by atoms with Crippen LogP contribution in [0.15, 0.2) is 0 Å². The van der Waals surface area contributed by atoms with Crippen molar-refractivity contribution in [2.75, 3.05) is 34.3 Å². The van der Waals surface area contributed by atoms with Gasteiger partial charge in [-0.1, -0.05) is 0 Å². The van der Waals surface area contributed by atoms with Crippen LogP contribution in [0.3, 0.4) is 0 Å². The summed E-state index contributed by atoms with van der Waals surface area (Å²) in [6, 6.07) is 0. The third kappa shape index (κ3) is 9.23. The molecule has 0 aliphatic rings. The minimum absolute atomic E-state index is 0.0567. The maximum Gasteiger partial charge on any atom is 0.265 e. The zero-order valence-electron chi connectivity index (χ0n) is 9.74. The van der Waals surface area contributed by atoms with Crippen molar-refractivity contribution < 1.29 is 33.6 Å². The summed E-state index contributed by atoms with van der Waals surface area (Å²) in [4.78, 5) is 19.2. The lowest BCUT2D eigenvalue weighted by Crippen LogP contribution is -2.43. The van der Waals surface area contributed by atoms with Gasteiger partial charge in [0.2, 0.25) is 0 Å². The first-order valence-corrected chi connectivity index (χ1v) is 6.34. The Morgan fingerprint density at radius 2 is 1.94 bits per heavy atom. The van der Waals surface area contributed by atoms with Crippen molar-refractivity contribution in [3.63, 3.8) is 0 Å². The number of phosphoric ester groups is 1. The van der Waals surface area contributed by atoms with Crippen LogP contribution < -0.4 is 4.89 Å². The van der Waals surface area contributed by atoms with Crippen LogP contribution in [0.25, 0.3) is 0 Å². The van der Waals surface area contributed by atoms with Gasteiger partial charge in [-0.15, -0.1) is 0 Å². The molecule has 0 aliphatic heterocycles. The highest BCUT2D eigenvalue weighted by molar-refractivity contribution is 7.44. The molecule has 3 atom stereocenters. The minimum Gasteiger partial charge on any atom is -0.756 e. The van der Waals surface area contributed by atoms with Crippen LogP contribution in [0.4, 0.5) is 0 Å². The third-order valence-corrected chi connectivity index (χ3v) is 2.34. The first-order chi connectivity index (χ1) is 7.03. The Balaban J connectivity index is 4.45. The number of nitrogens with zero attached hydrogens (tertiary/aromatic N) is 1. The fourth-order valence-electron chi connectivity index (χ4n) is 1.33. The normalized spacial score (nSPS) is 20.2. The summed E-state index contributed by atoms with van der Waals surface area (Å²) in [6.45, 7) is -0.199. The van der Waals surface area contributed by atoms with Crippen molar-refractivity contribution in [3.05, 3.63) is 0 Å². The molecule has 3 unspecified atom stereocenters. The summed E-state index contributed by atoms with van der Waals surface area (Å²) in [5.41, 5.74) is 0. The molecule has 98 valence electrons. The van der Waals surface area contributed by atoms with Crippen molar-refractivity contribution in [1.29, 1.82) is 0 Å². The van der Waals surface area contributed by atoms with Gasteiger partial charge < -0.3 is 29.0 Å². The van der Waals surface area contributed by atoms with E-state index < -0.39 is 26.6 Å². The van der Waals surface area contributed by atoms with Crippen LogP contribution >= 0.6 is 7.82 Å². The summed E-state index contributed by atoms with van der Waals surface area (Å²) in [7, 11) is 0.615. The van der Waals surface area contributed by atoms with Crippen LogP contribution in [-0.2, 0) is 9.09 Å². The topological polar surface area (TPSA) is 110 Å². The third-order valence-electron chi connectivity index (χ3n) is 1.78. The predicted octanol–water partition coefficient (Wildman–Crippen LogP) is -1.72. The standard InChI is InChI=1S/C8H20NO6P/c1-9(2,3)5-8(4-7(11)6-10)15-16(12,13)14/h7-8,10-11H,4-6H2,1-3H3,(H-,12,13,14). The number of likely N-dealkylation sites (N-methyl/N-ethyl adjacent to an activating group) is 1. The Labute approximate surface area is 95.1 Å². The van der Waals surface area contributed by atoms with Crippen molar-refractivity contribution in [2.24, 2.45) is 0 Å². The molecule has 0 aromatic carbocycles. The van der Waals surface area contributed by atoms with Gasteiger partial charge in [-0.3, -0.25) is 4.57 Å². The Morgan fingerprint density at radius 3 is 2.25 bits per heavy atom. The number of hydrogen-bond donors (Lipinski definition) is 3. The molecular formula is C8H20NO6P. The van der Waals surface area contributed by atoms with E-state index in [1.54, 1.807) is 0 Å². The summed E-state index contributed by atoms with van der Waals surface area (Å²) in [5, 5.41) is 17.9. The average Bonchev–Trinajstić information content (AvgIpc) is 1.97. The monoisotopic (exact) mass is 257 g/mol. The molecule has 0 aliphatic carbocycles. The quantitative estimate of drug-likeness (QED) is 0.370. The van der Waals surface area contributed by atoms with Gasteiger partial charge in [-0.2, -0.15) is 0 Å². The van der Waals surface area contributed by atoms with Crippen molar-refractivity contribution in [2.45, 2.75) is 18.6 Å². The average molecular weight is 257 g/mol. The molecule has 0 spiro atoms. The number of aliphatic hydroxyl groups is 2. The van der Waals surface area contributed by atoms with Gasteiger partial charge in [0.05, 0.1) is 33.9 Å². The molecule has 0 heterocycles. The summed E-state index contributed by atoms with van der Waals surface area (Å²) in [6.07, 6.45) is -1.99. The van der Waals surface area contributed by atoms with E-state index in [9.17, 15) is 14.6 Å². The molecule has 0 aromatic heterocycles. The molecule has 0 saturated heterocycles. The molecule has 0 aromatic rings. The number of rotatable bonds is 7. The molecule has 0 fully saturated rings. The second-order valence-electron chi connectivity index (χ2n) is 4.74. The van der Waals surface area contributed by atoms with Crippen LogP contribution in [-0.4, -0.2) is 66.1 Å². The Bertz CT molecular complexity index is 247. The van der Waals surface area contributed by atoms with Gasteiger partial charge in [0, 0.05) is 6.42 Å². The SMILES string of the molecule is C[N+](C)(C)CC(CC(O)CO)OP(=O)([O-])O. The van der Waals surface area contributed by atoms with E-state index in [1.165, 1.54) is 0 Å². The van der Waals surface area contributed by atoms with E-state index in [1.807, 2.05) is 21.1 Å². The Kier molecular flexibility index (Phi) is 6.06. The highest BCUT2D eigenvalue weighted by atomic mass is 31.2. The fourth-order valence-corrected chi connectivity index (χ4v) is 1.86. The molecule has 0 radical (unpaired) electrons. The van der Waals surface area contributed by atoms with E-state index >= 15 is 0 Å². The largest absolute Gasteiger partial charge is 0.756 e. The molecule has 0 saturated carbocycles. The lowest BCUT2D eigenvalue weighted by molar-refractivity contribution is -0.873. The van der Waals surface area contributed by atoms with Gasteiger partial charge >= 0.3 is 0 Å². The number of aliphatic hydroxyl groups excluding tert-OH is 2. The zero-order valence-corrected chi connectivity index (χ0v) is 10.6. The fraction of sp³-hybridized carbons (Fsp3) is 1.00. The number of phosphoric acid groups is 1. The maximum atomic E-state index is 10.6. The lowest BCUT2D eigenvalue weighted by Gasteiger charge is -2.32. The van der Waals surface area contributed by atoms with Crippen LogP contribution in [0.1, 0.15) is 6.42 Å². The Hall–Kier alpha value is -0.0100. The second-order valence-corrected chi connectivity index (χ2v) is 5.89. The van der Waals surface area contributed by atoms with E-state index in [-0.39, 0.29) is 13.0 Å². The molecule has 8 heteroatoms. The molecule has 0 rings (SSSR count). The second kappa shape index (κ2) is 6.07. The van der Waals surface area contributed by atoms with E-state index in [2.05, 4.69) is 4.52 Å². The molecule has 7 nitrogen and oxygen atoms in total. The van der Waals surface area contributed by atoms with Crippen molar-refractivity contribution in [3.8, 4) is 0 Å². The summed E-state index contributed by atoms with van der Waals surface area (Å²) in [5.74, 6) is 0. The lowest BCUT2D eigenvalue weighted by atomic mass is 10.1. The van der Waals surface area contributed by atoms with Gasteiger partial charge in [0.25, 0.3) is 7.82 Å². The summed E-state index contributed by atoms with van der Waals surface area (Å²) < 4.78 is 15.5. The van der Waals surface area contributed by atoms with Crippen molar-refractivity contribution >= 4 is 7.82 Å². The molecule has 0 amide bonds. The van der Waals surface area contributed by atoms with Gasteiger partial charge in [0.15, 0.2) is 0 Å². The van der Waals surface area contributed by atoms with E-state index in [0.29, 0.717) is 4.48 Å².